The maximum absolute atomic E-state index is 12.3. The lowest BCUT2D eigenvalue weighted by molar-refractivity contribution is 0.0953. The number of thiophene rings is 1. The third kappa shape index (κ3) is 5.84. The van der Waals surface area contributed by atoms with Crippen LogP contribution in [-0.4, -0.2) is 27.5 Å². The zero-order chi connectivity index (χ0) is 21.4. The van der Waals surface area contributed by atoms with Gasteiger partial charge in [0.15, 0.2) is 0 Å². The smallest absolute Gasteiger partial charge is 0.271 e. The van der Waals surface area contributed by atoms with Crippen molar-refractivity contribution in [3.05, 3.63) is 77.2 Å². The molecule has 0 bridgehead atoms. The SMILES string of the molecule is CCOc1ccccc1CCCNC(=O)c1ccc(NS(=O)(=O)c2cccs2)cc1. The Morgan fingerprint density at radius 2 is 1.80 bits per heavy atom. The van der Waals surface area contributed by atoms with Crippen LogP contribution in [0.3, 0.4) is 0 Å². The minimum absolute atomic E-state index is 0.194. The van der Waals surface area contributed by atoms with Gasteiger partial charge in [0.1, 0.15) is 9.96 Å². The number of carbonyl (C=O) groups is 1. The standard InChI is InChI=1S/C22H24N2O4S2/c1-2-28-20-9-4-3-7-17(20)8-5-15-23-22(25)18-11-13-19(14-12-18)24-30(26,27)21-10-6-16-29-21/h3-4,6-7,9-14,16,24H,2,5,8,15H2,1H3,(H,23,25). The fraction of sp³-hybridized carbons (Fsp3) is 0.227. The molecule has 1 aromatic heterocycles. The van der Waals surface area contributed by atoms with E-state index in [2.05, 4.69) is 10.0 Å². The molecule has 3 aromatic rings. The van der Waals surface area contributed by atoms with Crippen LogP contribution in [0.1, 0.15) is 29.3 Å². The van der Waals surface area contributed by atoms with Gasteiger partial charge in [0.2, 0.25) is 0 Å². The molecule has 0 aliphatic rings. The van der Waals surface area contributed by atoms with Crippen molar-refractivity contribution in [3.8, 4) is 5.75 Å². The Hall–Kier alpha value is -2.84. The van der Waals surface area contributed by atoms with Gasteiger partial charge in [-0.1, -0.05) is 24.3 Å². The van der Waals surface area contributed by atoms with E-state index >= 15 is 0 Å². The van der Waals surface area contributed by atoms with E-state index in [0.717, 1.165) is 35.5 Å². The quantitative estimate of drug-likeness (QED) is 0.457. The fourth-order valence-electron chi connectivity index (χ4n) is 2.90. The molecular formula is C22H24N2O4S2. The van der Waals surface area contributed by atoms with Crippen LogP contribution >= 0.6 is 11.3 Å². The molecule has 158 valence electrons. The van der Waals surface area contributed by atoms with Crippen LogP contribution in [0, 0.1) is 0 Å². The summed E-state index contributed by atoms with van der Waals surface area (Å²) in [6, 6.07) is 17.5. The van der Waals surface area contributed by atoms with Crippen LogP contribution in [0.15, 0.2) is 70.3 Å². The van der Waals surface area contributed by atoms with Crippen molar-refractivity contribution in [2.75, 3.05) is 17.9 Å². The highest BCUT2D eigenvalue weighted by molar-refractivity contribution is 7.94. The Bertz CT molecular complexity index is 1060. The number of rotatable bonds is 10. The first-order valence-electron chi connectivity index (χ1n) is 9.65. The summed E-state index contributed by atoms with van der Waals surface area (Å²) in [4.78, 5) is 12.3. The topological polar surface area (TPSA) is 84.5 Å². The number of hydrogen-bond donors (Lipinski definition) is 2. The molecule has 0 unspecified atom stereocenters. The molecule has 0 radical (unpaired) electrons. The molecule has 0 saturated carbocycles. The van der Waals surface area contributed by atoms with Crippen LogP contribution in [0.2, 0.25) is 0 Å². The molecule has 1 amide bonds. The third-order valence-electron chi connectivity index (χ3n) is 4.34. The van der Waals surface area contributed by atoms with Gasteiger partial charge in [0, 0.05) is 17.8 Å². The number of benzene rings is 2. The Kier molecular flexibility index (Phi) is 7.48. The molecule has 0 fully saturated rings. The molecule has 0 atom stereocenters. The molecule has 0 aliphatic heterocycles. The van der Waals surface area contributed by atoms with Crippen LogP contribution in [-0.2, 0) is 16.4 Å². The number of ether oxygens (including phenoxy) is 1. The van der Waals surface area contributed by atoms with Crippen LogP contribution < -0.4 is 14.8 Å². The molecule has 2 aromatic carbocycles. The molecule has 6 nitrogen and oxygen atoms in total. The Balaban J connectivity index is 1.49. The first kappa shape index (κ1) is 21.9. The molecule has 3 rings (SSSR count). The summed E-state index contributed by atoms with van der Waals surface area (Å²) in [6.45, 7) is 3.11. The first-order chi connectivity index (χ1) is 14.5. The van der Waals surface area contributed by atoms with Gasteiger partial charge in [0.05, 0.1) is 6.61 Å². The number of sulfonamides is 1. The predicted molar refractivity (Wildman–Crippen MR) is 120 cm³/mol. The average molecular weight is 445 g/mol. The Morgan fingerprint density at radius 3 is 2.50 bits per heavy atom. The van der Waals surface area contributed by atoms with Gasteiger partial charge >= 0.3 is 0 Å². The van der Waals surface area contributed by atoms with E-state index in [1.165, 1.54) is 0 Å². The summed E-state index contributed by atoms with van der Waals surface area (Å²) in [5.74, 6) is 0.688. The van der Waals surface area contributed by atoms with Crippen LogP contribution in [0.25, 0.3) is 0 Å². The normalized spacial score (nSPS) is 11.1. The summed E-state index contributed by atoms with van der Waals surface area (Å²) in [5, 5.41) is 4.60. The molecule has 2 N–H and O–H groups in total. The number of hydrogen-bond acceptors (Lipinski definition) is 5. The third-order valence-corrected chi connectivity index (χ3v) is 7.12. The van der Waals surface area contributed by atoms with Crippen molar-refractivity contribution in [1.29, 1.82) is 0 Å². The van der Waals surface area contributed by atoms with Gasteiger partial charge in [-0.05, 0) is 67.1 Å². The van der Waals surface area contributed by atoms with Gasteiger partial charge in [-0.3, -0.25) is 9.52 Å². The summed E-state index contributed by atoms with van der Waals surface area (Å²) in [7, 11) is -3.60. The van der Waals surface area contributed by atoms with Gasteiger partial charge in [-0.15, -0.1) is 11.3 Å². The second kappa shape index (κ2) is 10.3. The summed E-state index contributed by atoms with van der Waals surface area (Å²) in [6.07, 6.45) is 1.59. The monoisotopic (exact) mass is 444 g/mol. The van der Waals surface area contributed by atoms with Gasteiger partial charge in [-0.2, -0.15) is 0 Å². The Labute approximate surface area is 181 Å². The van der Waals surface area contributed by atoms with Crippen molar-refractivity contribution in [2.24, 2.45) is 0 Å². The van der Waals surface area contributed by atoms with Crippen molar-refractivity contribution in [3.63, 3.8) is 0 Å². The maximum Gasteiger partial charge on any atom is 0.271 e. The second-order valence-corrected chi connectivity index (χ2v) is 9.37. The lowest BCUT2D eigenvalue weighted by atomic mass is 10.1. The zero-order valence-corrected chi connectivity index (χ0v) is 18.3. The zero-order valence-electron chi connectivity index (χ0n) is 16.6. The van der Waals surface area contributed by atoms with E-state index in [0.29, 0.717) is 24.4 Å². The van der Waals surface area contributed by atoms with E-state index in [9.17, 15) is 13.2 Å². The highest BCUT2D eigenvalue weighted by Crippen LogP contribution is 2.21. The number of amides is 1. The van der Waals surface area contributed by atoms with E-state index < -0.39 is 10.0 Å². The van der Waals surface area contributed by atoms with Gasteiger partial charge in [-0.25, -0.2) is 8.42 Å². The Morgan fingerprint density at radius 1 is 1.03 bits per heavy atom. The molecular weight excluding hydrogens is 420 g/mol. The van der Waals surface area contributed by atoms with E-state index in [1.807, 2.05) is 31.2 Å². The number of nitrogens with one attached hydrogen (secondary N) is 2. The van der Waals surface area contributed by atoms with Crippen molar-refractivity contribution >= 4 is 33.0 Å². The average Bonchev–Trinajstić information content (AvgIpc) is 3.29. The maximum atomic E-state index is 12.3. The van der Waals surface area contributed by atoms with E-state index in [-0.39, 0.29) is 10.1 Å². The van der Waals surface area contributed by atoms with Crippen molar-refractivity contribution in [2.45, 2.75) is 24.0 Å². The molecule has 8 heteroatoms. The van der Waals surface area contributed by atoms with E-state index in [1.54, 1.807) is 41.8 Å². The van der Waals surface area contributed by atoms with Gasteiger partial charge in [0.25, 0.3) is 15.9 Å². The number of carbonyl (C=O) groups excluding carboxylic acids is 1. The minimum atomic E-state index is -3.60. The molecule has 1 heterocycles. The highest BCUT2D eigenvalue weighted by atomic mass is 32.2. The fourth-order valence-corrected chi connectivity index (χ4v) is 4.95. The lowest BCUT2D eigenvalue weighted by Crippen LogP contribution is -2.24. The molecule has 0 aliphatic carbocycles. The summed E-state index contributed by atoms with van der Waals surface area (Å²) >= 11 is 1.15. The summed E-state index contributed by atoms with van der Waals surface area (Å²) in [5.41, 5.74) is 2.01. The van der Waals surface area contributed by atoms with Gasteiger partial charge < -0.3 is 10.1 Å². The van der Waals surface area contributed by atoms with Crippen molar-refractivity contribution in [1.82, 2.24) is 5.32 Å². The number of anilines is 1. The van der Waals surface area contributed by atoms with E-state index in [4.69, 9.17) is 4.74 Å². The lowest BCUT2D eigenvalue weighted by Gasteiger charge is -2.10. The molecule has 30 heavy (non-hydrogen) atoms. The molecule has 0 saturated heterocycles. The molecule has 0 spiro atoms. The second-order valence-electron chi connectivity index (χ2n) is 6.52. The predicted octanol–water partition coefficient (Wildman–Crippen LogP) is 4.31. The highest BCUT2D eigenvalue weighted by Gasteiger charge is 2.15. The van der Waals surface area contributed by atoms with Crippen LogP contribution in [0.5, 0.6) is 5.75 Å². The van der Waals surface area contributed by atoms with Crippen LogP contribution in [0.4, 0.5) is 5.69 Å². The minimum Gasteiger partial charge on any atom is -0.494 e. The van der Waals surface area contributed by atoms with Crippen molar-refractivity contribution < 1.29 is 17.9 Å². The largest absolute Gasteiger partial charge is 0.494 e. The number of aryl methyl sites for hydroxylation is 1. The number of para-hydroxylation sites is 1. The first-order valence-corrected chi connectivity index (χ1v) is 12.0. The summed E-state index contributed by atoms with van der Waals surface area (Å²) < 4.78 is 32.9.